The monoisotopic (exact) mass is 310 g/mol. The fraction of sp³-hybridized carbons (Fsp3) is 0.429. The molecule has 0 aliphatic carbocycles. The molecule has 3 rings (SSSR count). The Hall–Kier alpha value is -1.64. The van der Waals surface area contributed by atoms with Crippen molar-refractivity contribution in [3.8, 4) is 0 Å². The van der Waals surface area contributed by atoms with Gasteiger partial charge in [0.05, 0.1) is 0 Å². The van der Waals surface area contributed by atoms with E-state index in [4.69, 9.17) is 0 Å². The van der Waals surface area contributed by atoms with Crippen LogP contribution in [0.5, 0.6) is 0 Å². The quantitative estimate of drug-likeness (QED) is 0.817. The van der Waals surface area contributed by atoms with Crippen molar-refractivity contribution in [1.82, 2.24) is 0 Å². The van der Waals surface area contributed by atoms with Crippen LogP contribution in [0.2, 0.25) is 0 Å². The molecule has 2 N–H and O–H groups in total. The summed E-state index contributed by atoms with van der Waals surface area (Å²) >= 11 is 0. The highest BCUT2D eigenvalue weighted by molar-refractivity contribution is 5.22. The summed E-state index contributed by atoms with van der Waals surface area (Å²) < 4.78 is 0. The number of aryl methyl sites for hydroxylation is 2. The van der Waals surface area contributed by atoms with Crippen LogP contribution in [0.15, 0.2) is 48.5 Å². The van der Waals surface area contributed by atoms with Gasteiger partial charge in [-0.3, -0.25) is 0 Å². The first-order valence-electron chi connectivity index (χ1n) is 9.03. The first kappa shape index (κ1) is 16.2. The lowest BCUT2D eigenvalue weighted by molar-refractivity contribution is -1.02. The molecule has 0 spiro atoms. The molecule has 0 aromatic heterocycles. The zero-order valence-corrected chi connectivity index (χ0v) is 14.6. The summed E-state index contributed by atoms with van der Waals surface area (Å²) in [5.41, 5.74) is 5.79. The van der Waals surface area contributed by atoms with Crippen LogP contribution in [-0.4, -0.2) is 26.2 Å². The van der Waals surface area contributed by atoms with Gasteiger partial charge in [-0.05, 0) is 18.9 Å². The predicted octanol–water partition coefficient (Wildman–Crippen LogP) is 1.04. The molecule has 1 heterocycles. The van der Waals surface area contributed by atoms with E-state index in [1.807, 2.05) is 0 Å². The Labute approximate surface area is 140 Å². The summed E-state index contributed by atoms with van der Waals surface area (Å²) in [5.74, 6) is 0. The lowest BCUT2D eigenvalue weighted by atomic mass is 10.1. The Balaban J connectivity index is 1.48. The highest BCUT2D eigenvalue weighted by Crippen LogP contribution is 2.04. The van der Waals surface area contributed by atoms with E-state index < -0.39 is 0 Å². The van der Waals surface area contributed by atoms with Gasteiger partial charge in [-0.2, -0.15) is 0 Å². The Kier molecular flexibility index (Phi) is 5.47. The van der Waals surface area contributed by atoms with E-state index in [1.54, 1.807) is 9.80 Å². The van der Waals surface area contributed by atoms with Crippen molar-refractivity contribution in [1.29, 1.82) is 0 Å². The molecule has 0 atom stereocenters. The molecular weight excluding hydrogens is 280 g/mol. The second-order valence-corrected chi connectivity index (χ2v) is 7.01. The largest absolute Gasteiger partial charge is 0.322 e. The normalized spacial score (nSPS) is 21.3. The molecule has 1 saturated heterocycles. The number of piperazine rings is 1. The van der Waals surface area contributed by atoms with Gasteiger partial charge in [-0.25, -0.2) is 0 Å². The van der Waals surface area contributed by atoms with Gasteiger partial charge >= 0.3 is 0 Å². The van der Waals surface area contributed by atoms with E-state index in [1.165, 1.54) is 61.5 Å². The van der Waals surface area contributed by atoms with Gasteiger partial charge in [0.15, 0.2) is 0 Å². The number of hydrogen-bond donors (Lipinski definition) is 2. The minimum absolute atomic E-state index is 1.13. The molecule has 0 bridgehead atoms. The zero-order chi connectivity index (χ0) is 16.1. The van der Waals surface area contributed by atoms with E-state index in [0.717, 1.165) is 6.42 Å². The Morgan fingerprint density at radius 2 is 1.30 bits per heavy atom. The van der Waals surface area contributed by atoms with Crippen molar-refractivity contribution in [3.05, 3.63) is 70.8 Å². The Morgan fingerprint density at radius 3 is 1.87 bits per heavy atom. The number of benzene rings is 2. The number of rotatable bonds is 5. The molecule has 0 unspecified atom stereocenters. The van der Waals surface area contributed by atoms with Gasteiger partial charge < -0.3 is 9.80 Å². The van der Waals surface area contributed by atoms with Crippen LogP contribution in [0.4, 0.5) is 0 Å². The van der Waals surface area contributed by atoms with Crippen molar-refractivity contribution >= 4 is 0 Å². The van der Waals surface area contributed by atoms with Gasteiger partial charge in [0.25, 0.3) is 0 Å². The van der Waals surface area contributed by atoms with Gasteiger partial charge in [-0.15, -0.1) is 0 Å². The van der Waals surface area contributed by atoms with Crippen molar-refractivity contribution in [2.45, 2.75) is 33.4 Å². The molecular formula is C21H30N2+2. The fourth-order valence-electron chi connectivity index (χ4n) is 3.60. The minimum atomic E-state index is 1.13. The predicted molar refractivity (Wildman–Crippen MR) is 95.8 cm³/mol. The molecule has 1 aliphatic rings. The summed E-state index contributed by atoms with van der Waals surface area (Å²) in [7, 11) is 0. The minimum Gasteiger partial charge on any atom is -0.322 e. The third-order valence-electron chi connectivity index (χ3n) is 5.09. The summed E-state index contributed by atoms with van der Waals surface area (Å²) in [5, 5.41) is 0. The first-order chi connectivity index (χ1) is 11.2. The molecule has 0 amide bonds. The van der Waals surface area contributed by atoms with E-state index in [-0.39, 0.29) is 0 Å². The first-order valence-corrected chi connectivity index (χ1v) is 9.03. The number of quaternary nitrogens is 2. The van der Waals surface area contributed by atoms with Crippen LogP contribution >= 0.6 is 0 Å². The topological polar surface area (TPSA) is 8.88 Å². The Bertz CT molecular complexity index is 610. The maximum Gasteiger partial charge on any atom is 0.127 e. The highest BCUT2D eigenvalue weighted by Gasteiger charge is 2.23. The van der Waals surface area contributed by atoms with E-state index in [9.17, 15) is 0 Å². The van der Waals surface area contributed by atoms with Crippen LogP contribution in [0, 0.1) is 6.92 Å². The van der Waals surface area contributed by atoms with E-state index >= 15 is 0 Å². The molecule has 0 saturated carbocycles. The van der Waals surface area contributed by atoms with Crippen LogP contribution in [0.25, 0.3) is 0 Å². The maximum atomic E-state index is 2.33. The third kappa shape index (κ3) is 4.66. The van der Waals surface area contributed by atoms with Crippen molar-refractivity contribution in [2.24, 2.45) is 0 Å². The summed E-state index contributed by atoms with van der Waals surface area (Å²) in [6.07, 6.45) is 1.13. The smallest absolute Gasteiger partial charge is 0.127 e. The van der Waals surface area contributed by atoms with Gasteiger partial charge in [-0.1, -0.05) is 61.0 Å². The number of hydrogen-bond acceptors (Lipinski definition) is 0. The summed E-state index contributed by atoms with van der Waals surface area (Å²) in [4.78, 5) is 3.47. The van der Waals surface area contributed by atoms with Gasteiger partial charge in [0.2, 0.25) is 0 Å². The average Bonchev–Trinajstić information content (AvgIpc) is 2.57. The second kappa shape index (κ2) is 7.76. The summed E-state index contributed by atoms with van der Waals surface area (Å²) in [6, 6.07) is 18.2. The number of nitrogens with one attached hydrogen (secondary N) is 2. The third-order valence-corrected chi connectivity index (χ3v) is 5.09. The molecule has 2 nitrogen and oxygen atoms in total. The molecule has 23 heavy (non-hydrogen) atoms. The zero-order valence-electron chi connectivity index (χ0n) is 14.6. The van der Waals surface area contributed by atoms with Crippen LogP contribution < -0.4 is 9.80 Å². The fourth-order valence-corrected chi connectivity index (χ4v) is 3.60. The second-order valence-electron chi connectivity index (χ2n) is 7.01. The van der Waals surface area contributed by atoms with Crippen LogP contribution in [-0.2, 0) is 19.5 Å². The molecule has 1 aliphatic heterocycles. The lowest BCUT2D eigenvalue weighted by Gasteiger charge is -2.30. The molecule has 2 heteroatoms. The van der Waals surface area contributed by atoms with Gasteiger partial charge in [0, 0.05) is 11.1 Å². The SMILES string of the molecule is CCc1ccc(C[NH+]2CC[NH+](Cc3cccc(C)c3)CC2)cc1. The molecule has 1 fully saturated rings. The van der Waals surface area contributed by atoms with Crippen LogP contribution in [0.3, 0.4) is 0 Å². The molecule has 2 aromatic carbocycles. The molecule has 122 valence electrons. The molecule has 2 aromatic rings. The molecule has 0 radical (unpaired) electrons. The maximum absolute atomic E-state index is 2.33. The van der Waals surface area contributed by atoms with Gasteiger partial charge in [0.1, 0.15) is 39.3 Å². The van der Waals surface area contributed by atoms with Crippen molar-refractivity contribution in [2.75, 3.05) is 26.2 Å². The van der Waals surface area contributed by atoms with Crippen molar-refractivity contribution in [3.63, 3.8) is 0 Å². The standard InChI is InChI=1S/C21H28N2/c1-3-19-7-9-20(10-8-19)16-22-11-13-23(14-12-22)17-21-6-4-5-18(2)15-21/h4-10,15H,3,11-14,16-17H2,1-2H3/p+2. The average molecular weight is 310 g/mol. The highest BCUT2D eigenvalue weighted by atomic mass is 15.3. The summed E-state index contributed by atoms with van der Waals surface area (Å²) in [6.45, 7) is 11.9. The van der Waals surface area contributed by atoms with Crippen molar-refractivity contribution < 1.29 is 9.80 Å². The Morgan fingerprint density at radius 1 is 0.739 bits per heavy atom. The van der Waals surface area contributed by atoms with E-state index in [0.29, 0.717) is 0 Å². The van der Waals surface area contributed by atoms with E-state index in [2.05, 4.69) is 62.4 Å². The van der Waals surface area contributed by atoms with Crippen LogP contribution in [0.1, 0.15) is 29.2 Å². The lowest BCUT2D eigenvalue weighted by Crippen LogP contribution is -3.27.